The molecular weight excluding hydrogens is 301 g/mol. The molecule has 1 aliphatic carbocycles. The molecule has 1 amide bonds. The molecule has 0 unspecified atom stereocenters. The monoisotopic (exact) mass is 315 g/mol. The highest BCUT2D eigenvalue weighted by molar-refractivity contribution is 7.20. The van der Waals surface area contributed by atoms with Crippen LogP contribution in [-0.4, -0.2) is 16.8 Å². The molecule has 0 saturated heterocycles. The molecule has 0 aliphatic heterocycles. The number of benzene rings is 1. The van der Waals surface area contributed by atoms with Crippen LogP contribution in [-0.2, 0) is 6.54 Å². The molecule has 3 nitrogen and oxygen atoms in total. The van der Waals surface area contributed by atoms with E-state index in [0.29, 0.717) is 16.8 Å². The summed E-state index contributed by atoms with van der Waals surface area (Å²) < 4.78 is 20.0. The number of hydrogen-bond donors (Lipinski definition) is 0. The first-order chi connectivity index (χ1) is 10.7. The number of furan rings is 1. The summed E-state index contributed by atoms with van der Waals surface area (Å²) in [5.41, 5.74) is 0. The van der Waals surface area contributed by atoms with Crippen LogP contribution in [0.15, 0.2) is 47.1 Å². The van der Waals surface area contributed by atoms with E-state index in [1.54, 1.807) is 18.4 Å². The molecule has 5 heteroatoms. The molecule has 0 N–H and O–H groups in total. The van der Waals surface area contributed by atoms with E-state index in [9.17, 15) is 9.18 Å². The van der Waals surface area contributed by atoms with Gasteiger partial charge >= 0.3 is 0 Å². The molecule has 3 aromatic rings. The van der Waals surface area contributed by atoms with Gasteiger partial charge in [0.25, 0.3) is 5.91 Å². The Morgan fingerprint density at radius 1 is 1.32 bits per heavy atom. The van der Waals surface area contributed by atoms with E-state index in [0.717, 1.165) is 23.3 Å². The van der Waals surface area contributed by atoms with Crippen LogP contribution < -0.4 is 0 Å². The molecule has 112 valence electrons. The number of hydrogen-bond acceptors (Lipinski definition) is 3. The second-order valence-electron chi connectivity index (χ2n) is 5.51. The quantitative estimate of drug-likeness (QED) is 0.713. The highest BCUT2D eigenvalue weighted by Crippen LogP contribution is 2.33. The molecule has 0 radical (unpaired) electrons. The third kappa shape index (κ3) is 2.41. The van der Waals surface area contributed by atoms with Gasteiger partial charge in [-0.15, -0.1) is 11.3 Å². The van der Waals surface area contributed by atoms with Crippen molar-refractivity contribution in [2.45, 2.75) is 25.4 Å². The van der Waals surface area contributed by atoms with Gasteiger partial charge in [0.1, 0.15) is 11.6 Å². The van der Waals surface area contributed by atoms with E-state index >= 15 is 0 Å². The van der Waals surface area contributed by atoms with Crippen molar-refractivity contribution in [3.63, 3.8) is 0 Å². The Bertz CT molecular complexity index is 820. The van der Waals surface area contributed by atoms with Crippen molar-refractivity contribution in [2.24, 2.45) is 0 Å². The summed E-state index contributed by atoms with van der Waals surface area (Å²) in [5.74, 6) is 0.448. The molecule has 1 aromatic carbocycles. The van der Waals surface area contributed by atoms with Gasteiger partial charge in [0.05, 0.1) is 17.7 Å². The van der Waals surface area contributed by atoms with Crippen LogP contribution in [0.2, 0.25) is 0 Å². The number of nitrogens with zero attached hydrogens (tertiary/aromatic N) is 1. The van der Waals surface area contributed by atoms with Gasteiger partial charge in [-0.3, -0.25) is 4.79 Å². The minimum absolute atomic E-state index is 0.0421. The largest absolute Gasteiger partial charge is 0.467 e. The van der Waals surface area contributed by atoms with Crippen LogP contribution in [0.25, 0.3) is 10.1 Å². The Labute approximate surface area is 131 Å². The molecule has 0 spiro atoms. The van der Waals surface area contributed by atoms with Crippen molar-refractivity contribution >= 4 is 27.3 Å². The molecular formula is C17H14FNO2S. The lowest BCUT2D eigenvalue weighted by molar-refractivity contribution is 0.0722. The first-order valence-electron chi connectivity index (χ1n) is 7.24. The van der Waals surface area contributed by atoms with E-state index in [4.69, 9.17) is 4.42 Å². The van der Waals surface area contributed by atoms with Gasteiger partial charge in [-0.25, -0.2) is 4.39 Å². The molecule has 0 atom stereocenters. The smallest absolute Gasteiger partial charge is 0.264 e. The average molecular weight is 315 g/mol. The molecule has 22 heavy (non-hydrogen) atoms. The standard InChI is InChI=1S/C17H14FNO2S/c18-14-4-1-5-15-13(14)9-16(22-15)17(20)19(11-6-7-11)10-12-3-2-8-21-12/h1-5,8-9,11H,6-7,10H2. The number of halogens is 1. The molecule has 2 heterocycles. The van der Waals surface area contributed by atoms with E-state index in [-0.39, 0.29) is 17.8 Å². The fourth-order valence-electron chi connectivity index (χ4n) is 2.60. The lowest BCUT2D eigenvalue weighted by Gasteiger charge is -2.20. The van der Waals surface area contributed by atoms with Crippen LogP contribution in [0, 0.1) is 5.82 Å². The lowest BCUT2D eigenvalue weighted by Crippen LogP contribution is -2.31. The summed E-state index contributed by atoms with van der Waals surface area (Å²) >= 11 is 1.34. The van der Waals surface area contributed by atoms with Gasteiger partial charge in [0.2, 0.25) is 0 Å². The average Bonchev–Trinajstić information content (AvgIpc) is 3.05. The van der Waals surface area contributed by atoms with Crippen LogP contribution in [0.5, 0.6) is 0 Å². The van der Waals surface area contributed by atoms with Crippen molar-refractivity contribution in [2.75, 3.05) is 0 Å². The van der Waals surface area contributed by atoms with Crippen molar-refractivity contribution in [1.82, 2.24) is 4.90 Å². The number of thiophene rings is 1. The fourth-order valence-corrected chi connectivity index (χ4v) is 3.63. The van der Waals surface area contributed by atoms with Crippen LogP contribution >= 0.6 is 11.3 Å². The molecule has 1 saturated carbocycles. The van der Waals surface area contributed by atoms with Gasteiger partial charge in [-0.1, -0.05) is 6.07 Å². The van der Waals surface area contributed by atoms with Crippen LogP contribution in [0.3, 0.4) is 0 Å². The van der Waals surface area contributed by atoms with Crippen molar-refractivity contribution in [1.29, 1.82) is 0 Å². The lowest BCUT2D eigenvalue weighted by atomic mass is 10.2. The van der Waals surface area contributed by atoms with Crippen molar-refractivity contribution in [3.8, 4) is 0 Å². The van der Waals surface area contributed by atoms with Gasteiger partial charge in [0, 0.05) is 16.1 Å². The highest BCUT2D eigenvalue weighted by Gasteiger charge is 2.34. The Morgan fingerprint density at radius 3 is 2.86 bits per heavy atom. The number of rotatable bonds is 4. The van der Waals surface area contributed by atoms with Crippen LogP contribution in [0.1, 0.15) is 28.3 Å². The number of carbonyl (C=O) groups excluding carboxylic acids is 1. The van der Waals surface area contributed by atoms with Crippen molar-refractivity contribution < 1.29 is 13.6 Å². The molecule has 1 fully saturated rings. The third-order valence-electron chi connectivity index (χ3n) is 3.87. The first kappa shape index (κ1) is 13.5. The Hall–Kier alpha value is -2.14. The second-order valence-corrected chi connectivity index (χ2v) is 6.59. The predicted molar refractivity (Wildman–Crippen MR) is 83.4 cm³/mol. The number of fused-ring (bicyclic) bond motifs is 1. The molecule has 2 aromatic heterocycles. The third-order valence-corrected chi connectivity index (χ3v) is 4.96. The maximum Gasteiger partial charge on any atom is 0.264 e. The zero-order chi connectivity index (χ0) is 15.1. The molecule has 0 bridgehead atoms. The Morgan fingerprint density at radius 2 is 2.18 bits per heavy atom. The van der Waals surface area contributed by atoms with E-state index in [1.807, 2.05) is 23.1 Å². The summed E-state index contributed by atoms with van der Waals surface area (Å²) in [6.45, 7) is 0.466. The normalized spacial score (nSPS) is 14.4. The van der Waals surface area contributed by atoms with Crippen molar-refractivity contribution in [3.05, 3.63) is 59.1 Å². The summed E-state index contributed by atoms with van der Waals surface area (Å²) in [4.78, 5) is 15.2. The van der Waals surface area contributed by atoms with E-state index in [1.165, 1.54) is 17.4 Å². The first-order valence-corrected chi connectivity index (χ1v) is 8.05. The van der Waals surface area contributed by atoms with E-state index in [2.05, 4.69) is 0 Å². The fraction of sp³-hybridized carbons (Fsp3) is 0.235. The van der Waals surface area contributed by atoms with E-state index < -0.39 is 0 Å². The van der Waals surface area contributed by atoms with Gasteiger partial charge in [0.15, 0.2) is 0 Å². The minimum Gasteiger partial charge on any atom is -0.467 e. The maximum atomic E-state index is 13.8. The zero-order valence-electron chi connectivity index (χ0n) is 11.8. The maximum absolute atomic E-state index is 13.8. The summed E-state index contributed by atoms with van der Waals surface area (Å²) in [6.07, 6.45) is 3.65. The Kier molecular flexibility index (Phi) is 3.22. The number of amides is 1. The SMILES string of the molecule is O=C(c1cc2c(F)cccc2s1)N(Cc1ccco1)C1CC1. The van der Waals surface area contributed by atoms with Gasteiger partial charge < -0.3 is 9.32 Å². The summed E-state index contributed by atoms with van der Waals surface area (Å²) in [7, 11) is 0. The predicted octanol–water partition coefficient (Wildman–Crippen LogP) is 4.44. The topological polar surface area (TPSA) is 33.5 Å². The number of carbonyl (C=O) groups is 1. The van der Waals surface area contributed by atoms with Gasteiger partial charge in [-0.05, 0) is 43.2 Å². The summed E-state index contributed by atoms with van der Waals surface area (Å²) in [5, 5.41) is 0.518. The zero-order valence-corrected chi connectivity index (χ0v) is 12.6. The van der Waals surface area contributed by atoms with Gasteiger partial charge in [-0.2, -0.15) is 0 Å². The Balaban J connectivity index is 1.66. The summed E-state index contributed by atoms with van der Waals surface area (Å²) in [6, 6.07) is 10.6. The molecule has 4 rings (SSSR count). The highest BCUT2D eigenvalue weighted by atomic mass is 32.1. The van der Waals surface area contributed by atoms with Crippen LogP contribution in [0.4, 0.5) is 4.39 Å². The molecule has 1 aliphatic rings. The minimum atomic E-state index is -0.281. The second kappa shape index (κ2) is 5.25.